The first-order chi connectivity index (χ1) is 4.86. The molecule has 1 aliphatic heterocycles. The summed E-state index contributed by atoms with van der Waals surface area (Å²) in [5.74, 6) is 0. The molecular formula is C8H13NO. The minimum absolute atomic E-state index is 0.102. The topological polar surface area (TPSA) is 29.1 Å². The maximum absolute atomic E-state index is 10.3. The van der Waals surface area contributed by atoms with E-state index in [0.29, 0.717) is 6.04 Å². The van der Waals surface area contributed by atoms with Crippen LogP contribution in [0.5, 0.6) is 0 Å². The van der Waals surface area contributed by atoms with Crippen molar-refractivity contribution in [2.45, 2.75) is 31.3 Å². The quantitative estimate of drug-likeness (QED) is 0.464. The second-order valence-electron chi connectivity index (χ2n) is 2.71. The van der Waals surface area contributed by atoms with Crippen molar-refractivity contribution in [2.24, 2.45) is 0 Å². The van der Waals surface area contributed by atoms with Gasteiger partial charge in [-0.25, -0.2) is 0 Å². The van der Waals surface area contributed by atoms with Gasteiger partial charge in [-0.05, 0) is 19.3 Å². The van der Waals surface area contributed by atoms with Crippen molar-refractivity contribution in [1.82, 2.24) is 5.32 Å². The van der Waals surface area contributed by atoms with E-state index in [1.54, 1.807) is 0 Å². The highest BCUT2D eigenvalue weighted by Crippen LogP contribution is 2.13. The Morgan fingerprint density at radius 2 is 2.40 bits per heavy atom. The monoisotopic (exact) mass is 139 g/mol. The molecule has 56 valence electrons. The van der Waals surface area contributed by atoms with E-state index in [-0.39, 0.29) is 6.04 Å². The molecular weight excluding hydrogens is 126 g/mol. The zero-order valence-electron chi connectivity index (χ0n) is 6.05. The van der Waals surface area contributed by atoms with Crippen molar-refractivity contribution in [3.05, 3.63) is 12.7 Å². The summed E-state index contributed by atoms with van der Waals surface area (Å²) in [6.45, 7) is 3.65. The Balaban J connectivity index is 2.27. The zero-order valence-corrected chi connectivity index (χ0v) is 6.05. The molecule has 1 unspecified atom stereocenters. The Hall–Kier alpha value is -0.630. The van der Waals surface area contributed by atoms with E-state index in [9.17, 15) is 4.79 Å². The summed E-state index contributed by atoms with van der Waals surface area (Å²) in [4.78, 5) is 10.3. The molecule has 10 heavy (non-hydrogen) atoms. The van der Waals surface area contributed by atoms with Crippen molar-refractivity contribution in [1.29, 1.82) is 0 Å². The van der Waals surface area contributed by atoms with E-state index in [2.05, 4.69) is 11.9 Å². The van der Waals surface area contributed by atoms with Gasteiger partial charge >= 0.3 is 0 Å². The summed E-state index contributed by atoms with van der Waals surface area (Å²) in [6.07, 6.45) is 5.95. The smallest absolute Gasteiger partial charge is 0.136 e. The zero-order chi connectivity index (χ0) is 7.40. The van der Waals surface area contributed by atoms with Crippen LogP contribution in [0.2, 0.25) is 0 Å². The maximum Gasteiger partial charge on any atom is 0.136 e. The van der Waals surface area contributed by atoms with Gasteiger partial charge in [-0.1, -0.05) is 6.08 Å². The Bertz CT molecular complexity index is 133. The number of hydrogen-bond donors (Lipinski definition) is 1. The number of carbonyl (C=O) groups is 1. The van der Waals surface area contributed by atoms with Crippen molar-refractivity contribution in [3.8, 4) is 0 Å². The van der Waals surface area contributed by atoms with Gasteiger partial charge in [-0.2, -0.15) is 0 Å². The molecule has 1 aliphatic rings. The normalized spacial score (nSPS) is 32.0. The molecule has 2 nitrogen and oxygen atoms in total. The van der Waals surface area contributed by atoms with Crippen LogP contribution in [0.25, 0.3) is 0 Å². The van der Waals surface area contributed by atoms with Crippen molar-refractivity contribution in [3.63, 3.8) is 0 Å². The largest absolute Gasteiger partial charge is 0.305 e. The predicted molar refractivity (Wildman–Crippen MR) is 40.8 cm³/mol. The van der Waals surface area contributed by atoms with Crippen LogP contribution in [0.3, 0.4) is 0 Å². The third kappa shape index (κ3) is 1.67. The molecule has 0 amide bonds. The lowest BCUT2D eigenvalue weighted by molar-refractivity contribution is -0.109. The number of nitrogens with one attached hydrogen (secondary N) is 1. The van der Waals surface area contributed by atoms with Gasteiger partial charge in [0, 0.05) is 6.04 Å². The van der Waals surface area contributed by atoms with Crippen LogP contribution < -0.4 is 5.32 Å². The molecule has 0 aromatic heterocycles. The summed E-state index contributed by atoms with van der Waals surface area (Å²) in [5.41, 5.74) is 0. The van der Waals surface area contributed by atoms with Gasteiger partial charge in [0.1, 0.15) is 6.29 Å². The molecule has 0 radical (unpaired) electrons. The first-order valence-corrected chi connectivity index (χ1v) is 3.69. The Kier molecular flexibility index (Phi) is 2.63. The molecule has 1 saturated heterocycles. The van der Waals surface area contributed by atoms with Crippen LogP contribution in [-0.4, -0.2) is 18.4 Å². The molecule has 0 spiro atoms. The fraction of sp³-hybridized carbons (Fsp3) is 0.625. The molecule has 1 heterocycles. The fourth-order valence-corrected chi connectivity index (χ4v) is 1.34. The lowest BCUT2D eigenvalue weighted by Crippen LogP contribution is -2.29. The SMILES string of the molecule is C=CCC1CC[C@H](C=O)N1. The molecule has 0 aromatic carbocycles. The number of rotatable bonds is 3. The molecule has 0 aromatic rings. The summed E-state index contributed by atoms with van der Waals surface area (Å²) in [7, 11) is 0. The Morgan fingerprint density at radius 1 is 1.60 bits per heavy atom. The van der Waals surface area contributed by atoms with Gasteiger partial charge < -0.3 is 10.1 Å². The second-order valence-corrected chi connectivity index (χ2v) is 2.71. The molecule has 1 N–H and O–H groups in total. The van der Waals surface area contributed by atoms with E-state index < -0.39 is 0 Å². The van der Waals surface area contributed by atoms with Gasteiger partial charge in [0.2, 0.25) is 0 Å². The minimum Gasteiger partial charge on any atom is -0.305 e. The van der Waals surface area contributed by atoms with Gasteiger partial charge in [0.25, 0.3) is 0 Å². The number of aldehydes is 1. The van der Waals surface area contributed by atoms with E-state index >= 15 is 0 Å². The minimum atomic E-state index is 0.102. The second kappa shape index (κ2) is 3.52. The van der Waals surface area contributed by atoms with Crippen LogP contribution >= 0.6 is 0 Å². The van der Waals surface area contributed by atoms with Gasteiger partial charge in [-0.3, -0.25) is 0 Å². The highest BCUT2D eigenvalue weighted by atomic mass is 16.1. The Morgan fingerprint density at radius 3 is 2.90 bits per heavy atom. The summed E-state index contributed by atoms with van der Waals surface area (Å²) in [6, 6.07) is 0.595. The Labute approximate surface area is 61.3 Å². The van der Waals surface area contributed by atoms with Crippen molar-refractivity contribution >= 4 is 6.29 Å². The molecule has 2 heteroatoms. The lowest BCUT2D eigenvalue weighted by atomic mass is 10.1. The molecule has 0 saturated carbocycles. The molecule has 1 rings (SSSR count). The van der Waals surface area contributed by atoms with E-state index in [1.807, 2.05) is 6.08 Å². The van der Waals surface area contributed by atoms with Gasteiger partial charge in [0.05, 0.1) is 6.04 Å². The third-order valence-corrected chi connectivity index (χ3v) is 1.89. The van der Waals surface area contributed by atoms with Crippen LogP contribution in [-0.2, 0) is 4.79 Å². The average Bonchev–Trinajstić information content (AvgIpc) is 2.37. The van der Waals surface area contributed by atoms with Crippen LogP contribution in [0, 0.1) is 0 Å². The number of hydrogen-bond acceptors (Lipinski definition) is 2. The van der Waals surface area contributed by atoms with Crippen LogP contribution in [0.1, 0.15) is 19.3 Å². The molecule has 0 aliphatic carbocycles. The predicted octanol–water partition coefficient (Wildman–Crippen LogP) is 0.882. The molecule has 2 atom stereocenters. The maximum atomic E-state index is 10.3. The van der Waals surface area contributed by atoms with Crippen molar-refractivity contribution < 1.29 is 4.79 Å². The standard InChI is InChI=1S/C8H13NO/c1-2-3-7-4-5-8(6-10)9-7/h2,6-9H,1,3-5H2/t7?,8-/m1/s1. The van der Waals surface area contributed by atoms with Crippen molar-refractivity contribution in [2.75, 3.05) is 0 Å². The van der Waals surface area contributed by atoms with Crippen LogP contribution in [0.15, 0.2) is 12.7 Å². The average molecular weight is 139 g/mol. The van der Waals surface area contributed by atoms with Crippen LogP contribution in [0.4, 0.5) is 0 Å². The molecule has 1 fully saturated rings. The van der Waals surface area contributed by atoms with E-state index in [0.717, 1.165) is 25.5 Å². The summed E-state index contributed by atoms with van der Waals surface area (Å²) < 4.78 is 0. The van der Waals surface area contributed by atoms with Gasteiger partial charge in [0.15, 0.2) is 0 Å². The van der Waals surface area contributed by atoms with Gasteiger partial charge in [-0.15, -0.1) is 6.58 Å². The van der Waals surface area contributed by atoms with E-state index in [1.165, 1.54) is 0 Å². The third-order valence-electron chi connectivity index (χ3n) is 1.89. The fourth-order valence-electron chi connectivity index (χ4n) is 1.34. The summed E-state index contributed by atoms with van der Waals surface area (Å²) >= 11 is 0. The highest BCUT2D eigenvalue weighted by Gasteiger charge is 2.21. The molecule has 0 bridgehead atoms. The number of carbonyl (C=O) groups excluding carboxylic acids is 1. The first-order valence-electron chi connectivity index (χ1n) is 3.69. The summed E-state index contributed by atoms with van der Waals surface area (Å²) in [5, 5.41) is 3.20. The van der Waals surface area contributed by atoms with E-state index in [4.69, 9.17) is 0 Å². The highest BCUT2D eigenvalue weighted by molar-refractivity contribution is 5.58. The first kappa shape index (κ1) is 7.48. The lowest BCUT2D eigenvalue weighted by Gasteiger charge is -2.06.